The van der Waals surface area contributed by atoms with Gasteiger partial charge in [0.1, 0.15) is 5.54 Å². The molecular formula is C14H17BrINO3. The number of amides is 1. The van der Waals surface area contributed by atoms with Gasteiger partial charge in [-0.3, -0.25) is 4.79 Å². The van der Waals surface area contributed by atoms with Gasteiger partial charge in [-0.25, -0.2) is 4.79 Å². The van der Waals surface area contributed by atoms with Crippen molar-refractivity contribution in [3.8, 4) is 0 Å². The lowest BCUT2D eigenvalue weighted by atomic mass is 9.95. The van der Waals surface area contributed by atoms with Crippen LogP contribution in [0, 0.1) is 3.57 Å². The Kier molecular flexibility index (Phi) is 6.44. The van der Waals surface area contributed by atoms with Crippen LogP contribution >= 0.6 is 38.5 Å². The smallest absolute Gasteiger partial charge is 0.331 e. The molecule has 0 aliphatic rings. The van der Waals surface area contributed by atoms with Crippen LogP contribution < -0.4 is 5.32 Å². The molecule has 0 saturated heterocycles. The van der Waals surface area contributed by atoms with Crippen LogP contribution in [0.5, 0.6) is 0 Å². The van der Waals surface area contributed by atoms with Crippen molar-refractivity contribution >= 4 is 50.4 Å². The molecule has 1 rings (SSSR count). The highest BCUT2D eigenvalue weighted by Crippen LogP contribution is 2.21. The number of rotatable bonds is 5. The molecule has 0 fully saturated rings. The zero-order chi connectivity index (χ0) is 15.3. The molecule has 0 aliphatic carbocycles. The van der Waals surface area contributed by atoms with Crippen LogP contribution in [0.2, 0.25) is 0 Å². The lowest BCUT2D eigenvalue weighted by molar-refractivity contribution is -0.147. The highest BCUT2D eigenvalue weighted by atomic mass is 127. The lowest BCUT2D eigenvalue weighted by Crippen LogP contribution is -2.52. The Labute approximate surface area is 140 Å². The van der Waals surface area contributed by atoms with Gasteiger partial charge in [0.15, 0.2) is 0 Å². The predicted octanol–water partition coefficient (Wildman–Crippen LogP) is 3.52. The number of nitrogens with one attached hydrogen (secondary N) is 1. The third-order valence-electron chi connectivity index (χ3n) is 2.95. The summed E-state index contributed by atoms with van der Waals surface area (Å²) < 4.78 is 6.44. The molecule has 1 aromatic carbocycles. The minimum Gasteiger partial charge on any atom is -0.467 e. The van der Waals surface area contributed by atoms with E-state index in [1.807, 2.05) is 19.1 Å². The number of methoxy groups -OCH3 is 1. The summed E-state index contributed by atoms with van der Waals surface area (Å²) in [6.07, 6.45) is 1.29. The molecule has 0 saturated carbocycles. The average Bonchev–Trinajstić information content (AvgIpc) is 2.40. The molecule has 6 heteroatoms. The minimum absolute atomic E-state index is 0.281. The molecule has 0 heterocycles. The third kappa shape index (κ3) is 4.18. The Balaban J connectivity index is 3.02. The number of esters is 1. The fourth-order valence-corrected chi connectivity index (χ4v) is 2.87. The number of carbonyl (C=O) groups is 2. The van der Waals surface area contributed by atoms with Crippen LogP contribution in [-0.4, -0.2) is 24.5 Å². The second-order valence-electron chi connectivity index (χ2n) is 4.65. The molecule has 0 aromatic heterocycles. The Hall–Kier alpha value is -0.630. The summed E-state index contributed by atoms with van der Waals surface area (Å²) in [5, 5.41) is 2.79. The maximum absolute atomic E-state index is 12.4. The van der Waals surface area contributed by atoms with Crippen LogP contribution in [0.25, 0.3) is 0 Å². The topological polar surface area (TPSA) is 55.4 Å². The Morgan fingerprint density at radius 3 is 2.65 bits per heavy atom. The van der Waals surface area contributed by atoms with Crippen molar-refractivity contribution in [1.82, 2.24) is 5.32 Å². The van der Waals surface area contributed by atoms with Gasteiger partial charge >= 0.3 is 5.97 Å². The molecule has 110 valence electrons. The zero-order valence-electron chi connectivity index (χ0n) is 11.6. The fourth-order valence-electron chi connectivity index (χ4n) is 1.93. The van der Waals surface area contributed by atoms with Crippen LogP contribution in [0.15, 0.2) is 22.7 Å². The molecule has 1 amide bonds. The van der Waals surface area contributed by atoms with Gasteiger partial charge < -0.3 is 10.1 Å². The number of ether oxygens (including phenoxy) is 1. The van der Waals surface area contributed by atoms with Gasteiger partial charge in [0, 0.05) is 8.04 Å². The second kappa shape index (κ2) is 7.40. The first-order valence-electron chi connectivity index (χ1n) is 6.20. The van der Waals surface area contributed by atoms with Crippen LogP contribution in [0.4, 0.5) is 0 Å². The third-order valence-corrected chi connectivity index (χ3v) is 4.38. The van der Waals surface area contributed by atoms with Crippen molar-refractivity contribution in [3.63, 3.8) is 0 Å². The van der Waals surface area contributed by atoms with E-state index in [4.69, 9.17) is 4.74 Å². The number of benzene rings is 1. The van der Waals surface area contributed by atoms with E-state index in [1.165, 1.54) is 7.11 Å². The van der Waals surface area contributed by atoms with E-state index in [2.05, 4.69) is 43.8 Å². The van der Waals surface area contributed by atoms with Gasteiger partial charge in [0.05, 0.1) is 12.7 Å². The quantitative estimate of drug-likeness (QED) is 0.548. The van der Waals surface area contributed by atoms with Crippen molar-refractivity contribution in [2.45, 2.75) is 32.2 Å². The van der Waals surface area contributed by atoms with Gasteiger partial charge in [0.2, 0.25) is 0 Å². The highest BCUT2D eigenvalue weighted by Gasteiger charge is 2.35. The van der Waals surface area contributed by atoms with Crippen molar-refractivity contribution in [3.05, 3.63) is 31.8 Å². The average molecular weight is 454 g/mol. The van der Waals surface area contributed by atoms with Crippen molar-refractivity contribution in [1.29, 1.82) is 0 Å². The summed E-state index contributed by atoms with van der Waals surface area (Å²) in [5.41, 5.74) is -0.474. The zero-order valence-corrected chi connectivity index (χ0v) is 15.4. The highest BCUT2D eigenvalue weighted by molar-refractivity contribution is 14.1. The SMILES string of the molecule is CCCC(C)(NC(=O)c1cc(Br)ccc1I)C(=O)OC. The van der Waals surface area contributed by atoms with Gasteiger partial charge in [-0.05, 0) is 54.1 Å². The van der Waals surface area contributed by atoms with Crippen molar-refractivity contribution in [2.24, 2.45) is 0 Å². The van der Waals surface area contributed by atoms with Crippen LogP contribution in [0.3, 0.4) is 0 Å². The Morgan fingerprint density at radius 1 is 1.45 bits per heavy atom. The normalized spacial score (nSPS) is 13.4. The largest absolute Gasteiger partial charge is 0.467 e. The first-order chi connectivity index (χ1) is 9.34. The van der Waals surface area contributed by atoms with Crippen molar-refractivity contribution < 1.29 is 14.3 Å². The van der Waals surface area contributed by atoms with Gasteiger partial charge in [0.25, 0.3) is 5.91 Å². The summed E-state index contributed by atoms with van der Waals surface area (Å²) in [5.74, 6) is -0.713. The Bertz CT molecular complexity index is 521. The molecular weight excluding hydrogens is 437 g/mol. The summed E-state index contributed by atoms with van der Waals surface area (Å²) in [6.45, 7) is 3.64. The van der Waals surface area contributed by atoms with Crippen LogP contribution in [-0.2, 0) is 9.53 Å². The number of hydrogen-bond acceptors (Lipinski definition) is 3. The molecule has 1 atom stereocenters. The molecule has 1 unspecified atom stereocenters. The number of hydrogen-bond donors (Lipinski definition) is 1. The molecule has 0 radical (unpaired) electrons. The van der Waals surface area contributed by atoms with E-state index in [-0.39, 0.29) is 5.91 Å². The second-order valence-corrected chi connectivity index (χ2v) is 6.73. The lowest BCUT2D eigenvalue weighted by Gasteiger charge is -2.27. The van der Waals surface area contributed by atoms with Gasteiger partial charge in [-0.2, -0.15) is 0 Å². The minimum atomic E-state index is -1.01. The molecule has 0 aliphatic heterocycles. The van der Waals surface area contributed by atoms with Crippen LogP contribution in [0.1, 0.15) is 37.0 Å². The predicted molar refractivity (Wildman–Crippen MR) is 89.7 cm³/mol. The van der Waals surface area contributed by atoms with E-state index in [9.17, 15) is 9.59 Å². The maximum atomic E-state index is 12.4. The molecule has 1 aromatic rings. The van der Waals surface area contributed by atoms with E-state index in [1.54, 1.807) is 13.0 Å². The van der Waals surface area contributed by atoms with E-state index >= 15 is 0 Å². The molecule has 0 spiro atoms. The number of carbonyl (C=O) groups excluding carboxylic acids is 2. The summed E-state index contributed by atoms with van der Waals surface area (Å²) in [4.78, 5) is 24.3. The van der Waals surface area contributed by atoms with E-state index in [0.29, 0.717) is 12.0 Å². The number of halogens is 2. The molecule has 1 N–H and O–H groups in total. The van der Waals surface area contributed by atoms with Gasteiger partial charge in [-0.15, -0.1) is 0 Å². The monoisotopic (exact) mass is 453 g/mol. The summed E-state index contributed by atoms with van der Waals surface area (Å²) in [7, 11) is 1.32. The first kappa shape index (κ1) is 17.4. The standard InChI is InChI=1S/C14H17BrINO3/c1-4-7-14(2,13(19)20-3)17-12(18)10-8-9(15)5-6-11(10)16/h5-6,8H,4,7H2,1-3H3,(H,17,18). The van der Waals surface area contributed by atoms with Crippen molar-refractivity contribution in [2.75, 3.05) is 7.11 Å². The fraction of sp³-hybridized carbons (Fsp3) is 0.429. The van der Waals surface area contributed by atoms with Gasteiger partial charge in [-0.1, -0.05) is 29.3 Å². The molecule has 4 nitrogen and oxygen atoms in total. The molecule has 0 bridgehead atoms. The summed E-state index contributed by atoms with van der Waals surface area (Å²) >= 11 is 5.44. The summed E-state index contributed by atoms with van der Waals surface area (Å²) in [6, 6.07) is 5.44. The maximum Gasteiger partial charge on any atom is 0.331 e. The van der Waals surface area contributed by atoms with E-state index < -0.39 is 11.5 Å². The first-order valence-corrected chi connectivity index (χ1v) is 8.07. The molecule has 20 heavy (non-hydrogen) atoms. The Morgan fingerprint density at radius 2 is 2.10 bits per heavy atom. The van der Waals surface area contributed by atoms with E-state index in [0.717, 1.165) is 14.5 Å².